The summed E-state index contributed by atoms with van der Waals surface area (Å²) in [6, 6.07) is 15.3. The predicted octanol–water partition coefficient (Wildman–Crippen LogP) is 4.57. The quantitative estimate of drug-likeness (QED) is 0.590. The zero-order valence-electron chi connectivity index (χ0n) is 14.1. The lowest BCUT2D eigenvalue weighted by atomic mass is 10.0. The van der Waals surface area contributed by atoms with Gasteiger partial charge in [-0.1, -0.05) is 55.0 Å². The van der Waals surface area contributed by atoms with Gasteiger partial charge in [0.2, 0.25) is 0 Å². The van der Waals surface area contributed by atoms with Crippen molar-refractivity contribution in [3.63, 3.8) is 0 Å². The molecule has 0 saturated carbocycles. The van der Waals surface area contributed by atoms with E-state index < -0.39 is 12.0 Å². The average Bonchev–Trinajstić information content (AvgIpc) is 2.65. The van der Waals surface area contributed by atoms with Crippen LogP contribution in [0.5, 0.6) is 0 Å². The van der Waals surface area contributed by atoms with Crippen LogP contribution in [0.1, 0.15) is 36.4 Å². The van der Waals surface area contributed by atoms with Gasteiger partial charge in [0.05, 0.1) is 6.26 Å². The third-order valence-corrected chi connectivity index (χ3v) is 4.42. The Hall–Kier alpha value is -2.46. The summed E-state index contributed by atoms with van der Waals surface area (Å²) in [5.41, 5.74) is 1.32. The molecule has 0 aliphatic carbocycles. The van der Waals surface area contributed by atoms with Gasteiger partial charge in [0.15, 0.2) is 0 Å². The van der Waals surface area contributed by atoms with Gasteiger partial charge in [-0.15, -0.1) is 0 Å². The molecule has 2 aromatic rings. The molecule has 1 atom stereocenters. The van der Waals surface area contributed by atoms with Crippen LogP contribution < -0.4 is 0 Å². The molecule has 3 nitrogen and oxygen atoms in total. The van der Waals surface area contributed by atoms with Crippen LogP contribution in [0.25, 0.3) is 6.08 Å². The van der Waals surface area contributed by atoms with Crippen molar-refractivity contribution in [2.45, 2.75) is 25.3 Å². The molecular formula is C21H22FNO2. The minimum absolute atomic E-state index is 0.373. The zero-order valence-corrected chi connectivity index (χ0v) is 14.1. The van der Waals surface area contributed by atoms with E-state index >= 15 is 0 Å². The Bertz CT molecular complexity index is 724. The molecule has 3 rings (SSSR count). The number of nitrogens with zero attached hydrogens (tertiary/aromatic N) is 1. The Labute approximate surface area is 147 Å². The number of rotatable bonds is 5. The van der Waals surface area contributed by atoms with Gasteiger partial charge < -0.3 is 4.74 Å². The summed E-state index contributed by atoms with van der Waals surface area (Å²) < 4.78 is 19.6. The molecule has 1 saturated heterocycles. The highest BCUT2D eigenvalue weighted by atomic mass is 19.1. The minimum atomic E-state index is -0.707. The molecule has 2 aromatic carbocycles. The topological polar surface area (TPSA) is 29.5 Å². The standard InChI is InChI=1S/C21H22FNO2/c22-19-12-6-5-11-18(19)20(23-14-7-2-8-15-23)21(24)25-16-13-17-9-3-1-4-10-17/h1,3-6,9-13,16,20H,2,7-8,14-15H2/t20-/m1/s1. The largest absolute Gasteiger partial charge is 0.433 e. The lowest BCUT2D eigenvalue weighted by Gasteiger charge is -2.33. The normalized spacial score (nSPS) is 16.7. The molecule has 1 aliphatic heterocycles. The van der Waals surface area contributed by atoms with Crippen LogP contribution in [0.4, 0.5) is 4.39 Å². The number of ether oxygens (including phenoxy) is 1. The Balaban J connectivity index is 1.77. The highest BCUT2D eigenvalue weighted by molar-refractivity contribution is 5.78. The second kappa shape index (κ2) is 8.58. The number of likely N-dealkylation sites (tertiary alicyclic amines) is 1. The fraction of sp³-hybridized carbons (Fsp3) is 0.286. The highest BCUT2D eigenvalue weighted by Crippen LogP contribution is 2.28. The summed E-state index contributed by atoms with van der Waals surface area (Å²) in [5.74, 6) is -0.818. The number of esters is 1. The van der Waals surface area contributed by atoms with E-state index in [-0.39, 0.29) is 5.82 Å². The van der Waals surface area contributed by atoms with Crippen LogP contribution in [0.15, 0.2) is 60.9 Å². The number of carbonyl (C=O) groups is 1. The third-order valence-electron chi connectivity index (χ3n) is 4.42. The average molecular weight is 339 g/mol. The van der Waals surface area contributed by atoms with Gasteiger partial charge >= 0.3 is 5.97 Å². The van der Waals surface area contributed by atoms with Crippen molar-refractivity contribution in [2.75, 3.05) is 13.1 Å². The summed E-state index contributed by atoms with van der Waals surface area (Å²) >= 11 is 0. The molecule has 0 radical (unpaired) electrons. The second-order valence-electron chi connectivity index (χ2n) is 6.17. The molecule has 0 spiro atoms. The Morgan fingerprint density at radius 1 is 1.00 bits per heavy atom. The Morgan fingerprint density at radius 3 is 2.40 bits per heavy atom. The maximum atomic E-state index is 14.3. The van der Waals surface area contributed by atoms with Crippen molar-refractivity contribution in [3.8, 4) is 0 Å². The molecule has 4 heteroatoms. The van der Waals surface area contributed by atoms with E-state index in [4.69, 9.17) is 4.74 Å². The molecule has 0 bridgehead atoms. The number of hydrogen-bond donors (Lipinski definition) is 0. The SMILES string of the molecule is O=C(OC=Cc1ccccc1)[C@@H](c1ccccc1F)N1CCCCC1. The van der Waals surface area contributed by atoms with Crippen molar-refractivity contribution in [3.05, 3.63) is 77.8 Å². The van der Waals surface area contributed by atoms with Gasteiger partial charge in [-0.25, -0.2) is 9.18 Å². The first-order chi connectivity index (χ1) is 12.3. The maximum Gasteiger partial charge on any atom is 0.332 e. The van der Waals surface area contributed by atoms with Gasteiger partial charge in [-0.3, -0.25) is 4.90 Å². The van der Waals surface area contributed by atoms with E-state index in [9.17, 15) is 9.18 Å². The Kier molecular flexibility index (Phi) is 5.96. The molecule has 130 valence electrons. The van der Waals surface area contributed by atoms with Crippen molar-refractivity contribution >= 4 is 12.0 Å². The smallest absolute Gasteiger partial charge is 0.332 e. The summed E-state index contributed by atoms with van der Waals surface area (Å²) in [6.45, 7) is 1.55. The van der Waals surface area contributed by atoms with Crippen LogP contribution in [0, 0.1) is 5.82 Å². The van der Waals surface area contributed by atoms with E-state index in [0.29, 0.717) is 5.56 Å². The van der Waals surface area contributed by atoms with Crippen molar-refractivity contribution < 1.29 is 13.9 Å². The van der Waals surface area contributed by atoms with E-state index in [1.165, 1.54) is 12.3 Å². The highest BCUT2D eigenvalue weighted by Gasteiger charge is 2.31. The second-order valence-corrected chi connectivity index (χ2v) is 6.17. The molecule has 1 aliphatic rings. The van der Waals surface area contributed by atoms with Crippen LogP contribution in [-0.2, 0) is 9.53 Å². The first-order valence-electron chi connectivity index (χ1n) is 8.66. The molecule has 0 amide bonds. The lowest BCUT2D eigenvalue weighted by molar-refractivity contribution is -0.145. The van der Waals surface area contributed by atoms with E-state index in [1.54, 1.807) is 24.3 Å². The molecule has 1 fully saturated rings. The van der Waals surface area contributed by atoms with Gasteiger partial charge in [0.25, 0.3) is 0 Å². The Morgan fingerprint density at radius 2 is 1.68 bits per heavy atom. The van der Waals surface area contributed by atoms with Gasteiger partial charge in [-0.05, 0) is 43.6 Å². The monoisotopic (exact) mass is 339 g/mol. The summed E-state index contributed by atoms with van der Waals surface area (Å²) in [5, 5.41) is 0. The van der Waals surface area contributed by atoms with Crippen LogP contribution in [-0.4, -0.2) is 24.0 Å². The van der Waals surface area contributed by atoms with Crippen molar-refractivity contribution in [2.24, 2.45) is 0 Å². The number of hydrogen-bond acceptors (Lipinski definition) is 3. The van der Waals surface area contributed by atoms with E-state index in [2.05, 4.69) is 0 Å². The van der Waals surface area contributed by atoms with Crippen LogP contribution in [0.3, 0.4) is 0 Å². The number of carbonyl (C=O) groups excluding carboxylic acids is 1. The molecule has 0 aromatic heterocycles. The van der Waals surface area contributed by atoms with Gasteiger partial charge in [-0.2, -0.15) is 0 Å². The molecule has 0 unspecified atom stereocenters. The van der Waals surface area contributed by atoms with E-state index in [1.807, 2.05) is 35.2 Å². The van der Waals surface area contributed by atoms with Crippen LogP contribution in [0.2, 0.25) is 0 Å². The van der Waals surface area contributed by atoms with Crippen LogP contribution >= 0.6 is 0 Å². The first kappa shape index (κ1) is 17.4. The van der Waals surface area contributed by atoms with Gasteiger partial charge in [0, 0.05) is 5.56 Å². The number of benzene rings is 2. The van der Waals surface area contributed by atoms with E-state index in [0.717, 1.165) is 37.9 Å². The molecular weight excluding hydrogens is 317 g/mol. The van der Waals surface area contributed by atoms with Crippen molar-refractivity contribution in [1.29, 1.82) is 0 Å². The van der Waals surface area contributed by atoms with Gasteiger partial charge in [0.1, 0.15) is 11.9 Å². The fourth-order valence-electron chi connectivity index (χ4n) is 3.15. The minimum Gasteiger partial charge on any atom is -0.433 e. The number of piperidine rings is 1. The molecule has 25 heavy (non-hydrogen) atoms. The fourth-order valence-corrected chi connectivity index (χ4v) is 3.15. The maximum absolute atomic E-state index is 14.3. The predicted molar refractivity (Wildman–Crippen MR) is 96.1 cm³/mol. The summed E-state index contributed by atoms with van der Waals surface area (Å²) in [6.07, 6.45) is 6.28. The molecule has 1 heterocycles. The third kappa shape index (κ3) is 4.54. The summed E-state index contributed by atoms with van der Waals surface area (Å²) in [7, 11) is 0. The first-order valence-corrected chi connectivity index (χ1v) is 8.66. The molecule has 0 N–H and O–H groups in total. The summed E-state index contributed by atoms with van der Waals surface area (Å²) in [4.78, 5) is 14.7. The zero-order chi connectivity index (χ0) is 17.5. The lowest BCUT2D eigenvalue weighted by Crippen LogP contribution is -2.38. The number of halogens is 1. The van der Waals surface area contributed by atoms with Crippen molar-refractivity contribution in [1.82, 2.24) is 4.90 Å².